The molecule has 0 spiro atoms. The summed E-state index contributed by atoms with van der Waals surface area (Å²) in [5.74, 6) is -3.07. The van der Waals surface area contributed by atoms with Crippen LogP contribution in [0.3, 0.4) is 0 Å². The molecule has 1 aliphatic carbocycles. The number of ether oxygens (including phenoxy) is 3. The highest BCUT2D eigenvalue weighted by Gasteiger charge is 2.46. The summed E-state index contributed by atoms with van der Waals surface area (Å²) in [5.41, 5.74) is 2.35. The topological polar surface area (TPSA) is 78.9 Å². The lowest BCUT2D eigenvalue weighted by Crippen LogP contribution is -2.36. The molecule has 2 heterocycles. The van der Waals surface area contributed by atoms with Crippen LogP contribution >= 0.6 is 0 Å². The molecule has 0 amide bonds. The summed E-state index contributed by atoms with van der Waals surface area (Å²) in [6.45, 7) is 3.87. The van der Waals surface area contributed by atoms with Gasteiger partial charge in [0.2, 0.25) is 0 Å². The van der Waals surface area contributed by atoms with Crippen molar-refractivity contribution in [3.63, 3.8) is 0 Å². The van der Waals surface area contributed by atoms with Crippen LogP contribution in [0.5, 0.6) is 0 Å². The van der Waals surface area contributed by atoms with E-state index in [2.05, 4.69) is 0 Å². The van der Waals surface area contributed by atoms with E-state index in [9.17, 15) is 14.4 Å². The van der Waals surface area contributed by atoms with Crippen molar-refractivity contribution in [1.29, 1.82) is 0 Å². The summed E-state index contributed by atoms with van der Waals surface area (Å²) in [7, 11) is 1.27. The maximum Gasteiger partial charge on any atom is 0.337 e. The van der Waals surface area contributed by atoms with Crippen LogP contribution in [0.15, 0.2) is 47.6 Å². The van der Waals surface area contributed by atoms with E-state index < -0.39 is 35.8 Å². The van der Waals surface area contributed by atoms with Gasteiger partial charge in [0.25, 0.3) is 0 Å². The van der Waals surface area contributed by atoms with E-state index in [4.69, 9.17) is 14.2 Å². The van der Waals surface area contributed by atoms with Crippen LogP contribution in [0.4, 0.5) is 0 Å². The Labute approximate surface area is 151 Å². The first-order chi connectivity index (χ1) is 12.5. The highest BCUT2D eigenvalue weighted by molar-refractivity contribution is 5.98. The van der Waals surface area contributed by atoms with Crippen LogP contribution < -0.4 is 0 Å². The molecule has 3 atom stereocenters. The monoisotopic (exact) mass is 356 g/mol. The Morgan fingerprint density at radius 2 is 1.73 bits per heavy atom. The largest absolute Gasteiger partial charge is 0.466 e. The first kappa shape index (κ1) is 17.9. The molecule has 0 saturated carbocycles. The Balaban J connectivity index is 2.15. The van der Waals surface area contributed by atoms with Gasteiger partial charge in [-0.15, -0.1) is 0 Å². The van der Waals surface area contributed by atoms with Gasteiger partial charge in [0.15, 0.2) is 0 Å². The SMILES string of the molecule is CCOC(=O)C1=C[C@H]2C=C(C(=O)OC)[C@H](OC2=O)[C@@H]1c1ccc(C)cc1. The molecule has 3 aliphatic rings. The van der Waals surface area contributed by atoms with Crippen molar-refractivity contribution in [3.8, 4) is 0 Å². The Morgan fingerprint density at radius 1 is 1.08 bits per heavy atom. The first-order valence-electron chi connectivity index (χ1n) is 8.42. The van der Waals surface area contributed by atoms with Gasteiger partial charge in [0.05, 0.1) is 31.1 Å². The molecule has 0 N–H and O–H groups in total. The van der Waals surface area contributed by atoms with Crippen LogP contribution in [-0.2, 0) is 28.6 Å². The van der Waals surface area contributed by atoms with Gasteiger partial charge in [-0.2, -0.15) is 0 Å². The molecule has 2 bridgehead atoms. The molecule has 0 fully saturated rings. The Kier molecular flexibility index (Phi) is 4.93. The number of methoxy groups -OCH3 is 1. The number of carbonyl (C=O) groups is 3. The standard InChI is InChI=1S/C20H20O6/c1-4-25-20(23)14-9-13-10-15(19(22)24-3)17(26-18(13)21)16(14)12-7-5-11(2)6-8-12/h5-10,13,16-17H,4H2,1-3H3/t13-,16+,17-/m0/s1. The Morgan fingerprint density at radius 3 is 2.35 bits per heavy atom. The van der Waals surface area contributed by atoms with Crippen molar-refractivity contribution in [1.82, 2.24) is 0 Å². The second-order valence-corrected chi connectivity index (χ2v) is 6.23. The molecular weight excluding hydrogens is 336 g/mol. The van der Waals surface area contributed by atoms with Crippen LogP contribution in [0.2, 0.25) is 0 Å². The van der Waals surface area contributed by atoms with Crippen molar-refractivity contribution in [2.24, 2.45) is 5.92 Å². The fourth-order valence-electron chi connectivity index (χ4n) is 3.29. The summed E-state index contributed by atoms with van der Waals surface area (Å²) in [6, 6.07) is 7.51. The summed E-state index contributed by atoms with van der Waals surface area (Å²) in [4.78, 5) is 37.1. The van der Waals surface area contributed by atoms with Gasteiger partial charge in [-0.1, -0.05) is 42.0 Å². The molecule has 4 rings (SSSR count). The second-order valence-electron chi connectivity index (χ2n) is 6.23. The van der Waals surface area contributed by atoms with Crippen molar-refractivity contribution < 1.29 is 28.6 Å². The average Bonchev–Trinajstić information content (AvgIpc) is 2.88. The normalized spacial score (nSPS) is 24.1. The van der Waals surface area contributed by atoms with Crippen molar-refractivity contribution in [2.45, 2.75) is 25.9 Å². The average molecular weight is 356 g/mol. The van der Waals surface area contributed by atoms with E-state index >= 15 is 0 Å². The molecule has 1 aromatic carbocycles. The summed E-state index contributed by atoms with van der Waals surface area (Å²) in [5, 5.41) is 0. The zero-order valence-electron chi connectivity index (χ0n) is 14.9. The third-order valence-corrected chi connectivity index (χ3v) is 4.55. The minimum atomic E-state index is -0.938. The first-order valence-corrected chi connectivity index (χ1v) is 8.42. The van der Waals surface area contributed by atoms with Gasteiger partial charge in [-0.05, 0) is 19.4 Å². The minimum Gasteiger partial charge on any atom is -0.466 e. The number of fused-ring (bicyclic) bond motifs is 2. The summed E-state index contributed by atoms with van der Waals surface area (Å²) in [6.07, 6.45) is 2.10. The van der Waals surface area contributed by atoms with Gasteiger partial charge in [0.1, 0.15) is 6.10 Å². The number of hydrogen-bond acceptors (Lipinski definition) is 6. The Bertz CT molecular complexity index is 802. The number of aryl methyl sites for hydroxylation is 1. The third kappa shape index (κ3) is 3.14. The molecule has 136 valence electrons. The van der Waals surface area contributed by atoms with E-state index in [1.165, 1.54) is 19.3 Å². The number of esters is 3. The fraction of sp³-hybridized carbons (Fsp3) is 0.350. The van der Waals surface area contributed by atoms with Crippen molar-refractivity contribution >= 4 is 17.9 Å². The van der Waals surface area contributed by atoms with E-state index in [0.717, 1.165) is 11.1 Å². The van der Waals surface area contributed by atoms with Crippen molar-refractivity contribution in [3.05, 3.63) is 58.7 Å². The molecule has 26 heavy (non-hydrogen) atoms. The number of rotatable bonds is 4. The van der Waals surface area contributed by atoms with Crippen LogP contribution in [-0.4, -0.2) is 37.7 Å². The van der Waals surface area contributed by atoms with Gasteiger partial charge < -0.3 is 14.2 Å². The maximum absolute atomic E-state index is 12.6. The van der Waals surface area contributed by atoms with Gasteiger partial charge in [0, 0.05) is 5.57 Å². The maximum atomic E-state index is 12.6. The number of hydrogen-bond donors (Lipinski definition) is 0. The van der Waals surface area contributed by atoms with E-state index in [1.807, 2.05) is 31.2 Å². The number of benzene rings is 1. The summed E-state index contributed by atoms with van der Waals surface area (Å²) < 4.78 is 15.6. The van der Waals surface area contributed by atoms with E-state index in [0.29, 0.717) is 5.57 Å². The van der Waals surface area contributed by atoms with Gasteiger partial charge in [-0.25, -0.2) is 9.59 Å². The molecule has 2 aliphatic heterocycles. The number of carbonyl (C=O) groups excluding carboxylic acids is 3. The molecule has 0 unspecified atom stereocenters. The quantitative estimate of drug-likeness (QED) is 0.608. The predicted octanol–water partition coefficient (Wildman–Crippen LogP) is 2.22. The third-order valence-electron chi connectivity index (χ3n) is 4.55. The van der Waals surface area contributed by atoms with E-state index in [-0.39, 0.29) is 12.2 Å². The highest BCUT2D eigenvalue weighted by atomic mass is 16.6. The molecular formula is C20H20O6. The zero-order chi connectivity index (χ0) is 18.8. The lowest BCUT2D eigenvalue weighted by molar-refractivity contribution is -0.153. The van der Waals surface area contributed by atoms with Crippen LogP contribution in [0.25, 0.3) is 0 Å². The second kappa shape index (κ2) is 7.15. The Hall–Kier alpha value is -2.89. The highest BCUT2D eigenvalue weighted by Crippen LogP contribution is 2.42. The van der Waals surface area contributed by atoms with Crippen molar-refractivity contribution in [2.75, 3.05) is 13.7 Å². The van der Waals surface area contributed by atoms with Gasteiger partial charge >= 0.3 is 17.9 Å². The lowest BCUT2D eigenvalue weighted by Gasteiger charge is -2.29. The van der Waals surface area contributed by atoms with Crippen LogP contribution in [0.1, 0.15) is 24.0 Å². The lowest BCUT2D eigenvalue weighted by atomic mass is 9.83. The molecule has 0 radical (unpaired) electrons. The fourth-order valence-corrected chi connectivity index (χ4v) is 3.29. The molecule has 6 nitrogen and oxygen atoms in total. The molecule has 1 aromatic rings. The molecule has 0 aromatic heterocycles. The zero-order valence-corrected chi connectivity index (χ0v) is 14.9. The summed E-state index contributed by atoms with van der Waals surface area (Å²) >= 11 is 0. The minimum absolute atomic E-state index is 0.207. The molecule has 6 heteroatoms. The van der Waals surface area contributed by atoms with Gasteiger partial charge in [-0.3, -0.25) is 4.79 Å². The predicted molar refractivity (Wildman–Crippen MR) is 92.1 cm³/mol. The smallest absolute Gasteiger partial charge is 0.337 e. The van der Waals surface area contributed by atoms with E-state index in [1.54, 1.807) is 6.92 Å². The van der Waals surface area contributed by atoms with Crippen LogP contribution in [0, 0.1) is 12.8 Å². The molecule has 0 saturated heterocycles.